The van der Waals surface area contributed by atoms with Crippen LogP contribution in [0.25, 0.3) is 0 Å². The monoisotopic (exact) mass is 431 g/mol. The first-order valence-corrected chi connectivity index (χ1v) is 10.4. The second-order valence-electron chi connectivity index (χ2n) is 7.58. The van der Waals surface area contributed by atoms with E-state index in [-0.39, 0.29) is 12.1 Å². The lowest BCUT2D eigenvalue weighted by molar-refractivity contribution is -0.140. The van der Waals surface area contributed by atoms with Crippen LogP contribution in [0.2, 0.25) is 0 Å². The molecule has 1 atom stereocenters. The lowest BCUT2D eigenvalue weighted by Gasteiger charge is -2.42. The smallest absolute Gasteiger partial charge is 0.329 e. The summed E-state index contributed by atoms with van der Waals surface area (Å²) in [6, 6.07) is 20.5. The van der Waals surface area contributed by atoms with Gasteiger partial charge in [0.1, 0.15) is 5.75 Å². The van der Waals surface area contributed by atoms with Crippen LogP contribution in [-0.4, -0.2) is 23.7 Å². The van der Waals surface area contributed by atoms with Crippen molar-refractivity contribution in [3.8, 4) is 5.75 Å². The number of amides is 3. The molecular formula is C25H25N3O4. The molecule has 3 N–H and O–H groups in total. The number of nitrogens with one attached hydrogen (secondary N) is 2. The summed E-state index contributed by atoms with van der Waals surface area (Å²) in [5.41, 5.74) is 0.777. The zero-order valence-electron chi connectivity index (χ0n) is 18.0. The number of fused-ring (bicyclic) bond motifs is 1. The molecule has 1 aliphatic heterocycles. The first-order valence-electron chi connectivity index (χ1n) is 10.4. The zero-order chi connectivity index (χ0) is 22.7. The molecule has 164 valence electrons. The molecule has 0 saturated heterocycles. The van der Waals surface area contributed by atoms with E-state index < -0.39 is 17.7 Å². The highest BCUT2D eigenvalue weighted by Crippen LogP contribution is 2.40. The van der Waals surface area contributed by atoms with Crippen LogP contribution in [0.4, 0.5) is 16.2 Å². The largest absolute Gasteiger partial charge is 0.494 e. The van der Waals surface area contributed by atoms with E-state index in [1.165, 1.54) is 0 Å². The first kappa shape index (κ1) is 21.4. The van der Waals surface area contributed by atoms with Crippen LogP contribution >= 0.6 is 0 Å². The van der Waals surface area contributed by atoms with Crippen molar-refractivity contribution in [1.29, 1.82) is 0 Å². The van der Waals surface area contributed by atoms with Crippen molar-refractivity contribution < 1.29 is 19.4 Å². The van der Waals surface area contributed by atoms with Crippen LogP contribution in [0.15, 0.2) is 72.8 Å². The van der Waals surface area contributed by atoms with Crippen LogP contribution in [0.3, 0.4) is 0 Å². The number of urea groups is 1. The van der Waals surface area contributed by atoms with Gasteiger partial charge < -0.3 is 20.5 Å². The van der Waals surface area contributed by atoms with Crippen molar-refractivity contribution in [1.82, 2.24) is 5.32 Å². The standard InChI is InChI=1S/C25H25N3O4/c1-3-32-20-14-12-19(13-15-20)28-24(30)27-22-7-5-4-6-21(22)25(28,31)23(29)26-16-18-10-8-17(2)9-11-18/h4-15,31H,3,16H2,1-2H3,(H,26,29)(H,27,30)/t25-/m0/s1. The molecule has 0 radical (unpaired) electrons. The number of aliphatic hydroxyl groups is 1. The minimum Gasteiger partial charge on any atom is -0.494 e. The maximum absolute atomic E-state index is 13.4. The van der Waals surface area contributed by atoms with E-state index in [0.717, 1.165) is 16.0 Å². The normalized spacial score (nSPS) is 17.3. The number of benzene rings is 3. The molecule has 0 aliphatic carbocycles. The Morgan fingerprint density at radius 2 is 1.75 bits per heavy atom. The van der Waals surface area contributed by atoms with Crippen LogP contribution in [-0.2, 0) is 17.1 Å². The predicted octanol–water partition coefficient (Wildman–Crippen LogP) is 3.91. The van der Waals surface area contributed by atoms with E-state index in [1.807, 2.05) is 38.1 Å². The fraction of sp³-hybridized carbons (Fsp3) is 0.200. The quantitative estimate of drug-likeness (QED) is 0.552. The highest BCUT2D eigenvalue weighted by molar-refractivity contribution is 6.11. The molecule has 0 saturated carbocycles. The van der Waals surface area contributed by atoms with Gasteiger partial charge in [-0.25, -0.2) is 4.79 Å². The molecular weight excluding hydrogens is 406 g/mol. The van der Waals surface area contributed by atoms with Crippen molar-refractivity contribution in [3.05, 3.63) is 89.5 Å². The third kappa shape index (κ3) is 3.90. The molecule has 7 nitrogen and oxygen atoms in total. The van der Waals surface area contributed by atoms with Crippen molar-refractivity contribution in [3.63, 3.8) is 0 Å². The molecule has 32 heavy (non-hydrogen) atoms. The number of hydrogen-bond donors (Lipinski definition) is 3. The van der Waals surface area contributed by atoms with E-state index in [9.17, 15) is 14.7 Å². The van der Waals surface area contributed by atoms with E-state index in [2.05, 4.69) is 10.6 Å². The molecule has 1 aliphatic rings. The van der Waals surface area contributed by atoms with Gasteiger partial charge in [0, 0.05) is 17.8 Å². The Bertz CT molecular complexity index is 1130. The maximum Gasteiger partial charge on any atom is 0.329 e. The summed E-state index contributed by atoms with van der Waals surface area (Å²) in [5.74, 6) is -0.0734. The van der Waals surface area contributed by atoms with Gasteiger partial charge in [-0.3, -0.25) is 9.69 Å². The summed E-state index contributed by atoms with van der Waals surface area (Å²) in [4.78, 5) is 27.5. The first-order chi connectivity index (χ1) is 15.4. The highest BCUT2D eigenvalue weighted by Gasteiger charge is 2.51. The second kappa shape index (κ2) is 8.72. The van der Waals surface area contributed by atoms with Gasteiger partial charge in [0.2, 0.25) is 0 Å². The molecule has 0 aromatic heterocycles. The van der Waals surface area contributed by atoms with Gasteiger partial charge in [0.15, 0.2) is 0 Å². The van der Waals surface area contributed by atoms with Crippen LogP contribution in [0.1, 0.15) is 23.6 Å². The second-order valence-corrected chi connectivity index (χ2v) is 7.58. The van der Waals surface area contributed by atoms with Gasteiger partial charge in [-0.15, -0.1) is 0 Å². The molecule has 0 spiro atoms. The summed E-state index contributed by atoms with van der Waals surface area (Å²) < 4.78 is 5.47. The number of aryl methyl sites for hydroxylation is 1. The summed E-state index contributed by atoms with van der Waals surface area (Å²) in [6.07, 6.45) is 0. The van der Waals surface area contributed by atoms with Gasteiger partial charge >= 0.3 is 6.03 Å². The van der Waals surface area contributed by atoms with Crippen LogP contribution in [0, 0.1) is 6.92 Å². The van der Waals surface area contributed by atoms with E-state index in [1.54, 1.807) is 48.5 Å². The Balaban J connectivity index is 1.71. The number of rotatable bonds is 6. The van der Waals surface area contributed by atoms with E-state index in [4.69, 9.17) is 4.74 Å². The summed E-state index contributed by atoms with van der Waals surface area (Å²) >= 11 is 0. The lowest BCUT2D eigenvalue weighted by Crippen LogP contribution is -2.62. The van der Waals surface area contributed by atoms with Gasteiger partial charge in [0.05, 0.1) is 12.3 Å². The lowest BCUT2D eigenvalue weighted by atomic mass is 9.94. The maximum atomic E-state index is 13.4. The molecule has 3 aromatic carbocycles. The van der Waals surface area contributed by atoms with Crippen molar-refractivity contribution >= 4 is 23.3 Å². The SMILES string of the molecule is CCOc1ccc(N2C(=O)Nc3ccccc3[C@]2(O)C(=O)NCc2ccc(C)cc2)cc1. The number of anilines is 2. The van der Waals surface area contributed by atoms with Crippen molar-refractivity contribution in [2.75, 3.05) is 16.8 Å². The molecule has 3 amide bonds. The summed E-state index contributed by atoms with van der Waals surface area (Å²) in [6.45, 7) is 4.57. The minimum absolute atomic E-state index is 0.211. The third-order valence-electron chi connectivity index (χ3n) is 5.37. The third-order valence-corrected chi connectivity index (χ3v) is 5.37. The van der Waals surface area contributed by atoms with Gasteiger partial charge in [0.25, 0.3) is 11.6 Å². The minimum atomic E-state index is -2.24. The topological polar surface area (TPSA) is 90.9 Å². The van der Waals surface area contributed by atoms with Crippen molar-refractivity contribution in [2.24, 2.45) is 0 Å². The predicted molar refractivity (Wildman–Crippen MR) is 122 cm³/mol. The molecule has 7 heteroatoms. The fourth-order valence-corrected chi connectivity index (χ4v) is 3.73. The van der Waals surface area contributed by atoms with Crippen LogP contribution in [0.5, 0.6) is 5.75 Å². The average Bonchev–Trinajstić information content (AvgIpc) is 2.80. The molecule has 0 fully saturated rings. The van der Waals surface area contributed by atoms with Gasteiger partial charge in [-0.1, -0.05) is 48.0 Å². The van der Waals surface area contributed by atoms with Gasteiger partial charge in [-0.2, -0.15) is 0 Å². The average molecular weight is 431 g/mol. The van der Waals surface area contributed by atoms with Gasteiger partial charge in [-0.05, 0) is 49.7 Å². The zero-order valence-corrected chi connectivity index (χ0v) is 18.0. The number of carbonyl (C=O) groups excluding carboxylic acids is 2. The Morgan fingerprint density at radius 3 is 2.44 bits per heavy atom. The number of ether oxygens (including phenoxy) is 1. The number of nitrogens with zero attached hydrogens (tertiary/aromatic N) is 1. The molecule has 1 heterocycles. The van der Waals surface area contributed by atoms with E-state index in [0.29, 0.717) is 23.7 Å². The Labute approximate surface area is 186 Å². The summed E-state index contributed by atoms with van der Waals surface area (Å²) in [5, 5.41) is 17.3. The molecule has 4 rings (SSSR count). The molecule has 0 unspecified atom stereocenters. The molecule has 0 bridgehead atoms. The van der Waals surface area contributed by atoms with Crippen LogP contribution < -0.4 is 20.3 Å². The molecule has 3 aromatic rings. The Kier molecular flexibility index (Phi) is 5.83. The highest BCUT2D eigenvalue weighted by atomic mass is 16.5. The van der Waals surface area contributed by atoms with E-state index >= 15 is 0 Å². The Morgan fingerprint density at radius 1 is 1.06 bits per heavy atom. The number of para-hydroxylation sites is 1. The summed E-state index contributed by atoms with van der Waals surface area (Å²) in [7, 11) is 0. The number of carbonyl (C=O) groups is 2. The fourth-order valence-electron chi connectivity index (χ4n) is 3.73. The Hall–Kier alpha value is -3.84. The van der Waals surface area contributed by atoms with Crippen molar-refractivity contribution in [2.45, 2.75) is 26.1 Å². The number of hydrogen-bond acceptors (Lipinski definition) is 4.